The summed E-state index contributed by atoms with van der Waals surface area (Å²) in [6.07, 6.45) is 1.30. The molecule has 1 fully saturated rings. The van der Waals surface area contributed by atoms with Crippen molar-refractivity contribution >= 4 is 28.7 Å². The van der Waals surface area contributed by atoms with Gasteiger partial charge in [0, 0.05) is 29.6 Å². The van der Waals surface area contributed by atoms with E-state index in [4.69, 9.17) is 4.74 Å². The first-order valence-corrected chi connectivity index (χ1v) is 10.9. The molecule has 1 saturated heterocycles. The van der Waals surface area contributed by atoms with Crippen LogP contribution in [0.25, 0.3) is 10.9 Å². The van der Waals surface area contributed by atoms with Gasteiger partial charge in [0.05, 0.1) is 25.3 Å². The van der Waals surface area contributed by atoms with Gasteiger partial charge in [0.25, 0.3) is 0 Å². The van der Waals surface area contributed by atoms with Crippen LogP contribution in [0.2, 0.25) is 0 Å². The Kier molecular flexibility index (Phi) is 4.96. The molecule has 0 spiro atoms. The van der Waals surface area contributed by atoms with E-state index in [1.807, 2.05) is 37.3 Å². The maximum Gasteiger partial charge on any atom is 0.337 e. The van der Waals surface area contributed by atoms with Gasteiger partial charge in [-0.1, -0.05) is 37.3 Å². The fraction of sp³-hybridized carbons (Fsp3) is 0.320. The highest BCUT2D eigenvalue weighted by Crippen LogP contribution is 2.42. The van der Waals surface area contributed by atoms with Crippen molar-refractivity contribution in [3.8, 4) is 0 Å². The molecule has 0 unspecified atom stereocenters. The fourth-order valence-corrected chi connectivity index (χ4v) is 5.05. The number of fused-ring (bicyclic) bond motifs is 4. The van der Waals surface area contributed by atoms with E-state index in [-0.39, 0.29) is 18.4 Å². The average molecular weight is 431 g/mol. The molecule has 0 aliphatic carbocycles. The minimum atomic E-state index is -0.542. The average Bonchev–Trinajstić information content (AvgIpc) is 3.19. The minimum Gasteiger partial charge on any atom is -0.465 e. The van der Waals surface area contributed by atoms with Gasteiger partial charge in [-0.25, -0.2) is 4.79 Å². The van der Waals surface area contributed by atoms with E-state index < -0.39 is 18.1 Å². The van der Waals surface area contributed by atoms with Gasteiger partial charge in [-0.05, 0) is 35.7 Å². The molecule has 1 N–H and O–H groups in total. The smallest absolute Gasteiger partial charge is 0.337 e. The maximum atomic E-state index is 13.4. The van der Waals surface area contributed by atoms with Crippen LogP contribution < -0.4 is 0 Å². The monoisotopic (exact) mass is 431 g/mol. The lowest BCUT2D eigenvalue weighted by Crippen LogP contribution is -2.63. The van der Waals surface area contributed by atoms with E-state index in [0.29, 0.717) is 18.5 Å². The second kappa shape index (κ2) is 7.82. The van der Waals surface area contributed by atoms with Crippen molar-refractivity contribution in [1.29, 1.82) is 0 Å². The van der Waals surface area contributed by atoms with E-state index in [1.54, 1.807) is 21.9 Å². The second-order valence-corrected chi connectivity index (χ2v) is 8.36. The van der Waals surface area contributed by atoms with Crippen LogP contribution in [0.4, 0.5) is 0 Å². The molecule has 164 valence electrons. The Labute approximate surface area is 185 Å². The predicted molar refractivity (Wildman–Crippen MR) is 119 cm³/mol. The lowest BCUT2D eigenvalue weighted by atomic mass is 9.86. The van der Waals surface area contributed by atoms with Crippen molar-refractivity contribution in [1.82, 2.24) is 14.8 Å². The number of methoxy groups -OCH3 is 1. The lowest BCUT2D eigenvalue weighted by molar-refractivity contribution is -0.158. The Bertz CT molecular complexity index is 1210. The Morgan fingerprint density at radius 3 is 2.59 bits per heavy atom. The van der Waals surface area contributed by atoms with E-state index in [0.717, 1.165) is 34.1 Å². The van der Waals surface area contributed by atoms with Gasteiger partial charge in [0.2, 0.25) is 11.8 Å². The normalized spacial score (nSPS) is 20.3. The van der Waals surface area contributed by atoms with Crippen molar-refractivity contribution in [2.24, 2.45) is 0 Å². The Morgan fingerprint density at radius 1 is 1.12 bits per heavy atom. The van der Waals surface area contributed by atoms with Crippen molar-refractivity contribution in [3.05, 3.63) is 70.9 Å². The number of carbonyl (C=O) groups excluding carboxylic acids is 3. The first kappa shape index (κ1) is 20.3. The van der Waals surface area contributed by atoms with E-state index in [2.05, 4.69) is 11.1 Å². The number of ether oxygens (including phenoxy) is 1. The van der Waals surface area contributed by atoms with Gasteiger partial charge in [-0.3, -0.25) is 9.59 Å². The number of benzene rings is 2. The standard InChI is InChI=1S/C25H25N3O4/c1-3-12-27-14-21(29)28-20(24(27)30)13-18-17-6-4-5-7-19(17)26-22(18)23(28)15-8-10-16(11-9-15)25(31)32-2/h4-11,20,23,26H,3,12-14H2,1-2H3/t20-,23-/m0/s1. The molecule has 7 nitrogen and oxygen atoms in total. The number of amides is 2. The zero-order valence-electron chi connectivity index (χ0n) is 18.1. The number of para-hydroxylation sites is 1. The lowest BCUT2D eigenvalue weighted by Gasteiger charge is -2.47. The third kappa shape index (κ3) is 3.07. The van der Waals surface area contributed by atoms with Gasteiger partial charge in [0.1, 0.15) is 6.04 Å². The van der Waals surface area contributed by atoms with E-state index in [1.165, 1.54) is 7.11 Å². The molecule has 5 rings (SSSR count). The summed E-state index contributed by atoms with van der Waals surface area (Å²) in [7, 11) is 1.35. The van der Waals surface area contributed by atoms with Gasteiger partial charge in [0.15, 0.2) is 0 Å². The topological polar surface area (TPSA) is 82.7 Å². The molecule has 2 aromatic carbocycles. The van der Waals surface area contributed by atoms with Gasteiger partial charge >= 0.3 is 5.97 Å². The molecule has 7 heteroatoms. The highest BCUT2D eigenvalue weighted by Gasteiger charge is 2.47. The summed E-state index contributed by atoms with van der Waals surface area (Å²) in [5.41, 5.74) is 4.27. The Morgan fingerprint density at radius 2 is 1.88 bits per heavy atom. The zero-order valence-corrected chi connectivity index (χ0v) is 18.1. The second-order valence-electron chi connectivity index (χ2n) is 8.36. The van der Waals surface area contributed by atoms with Crippen LogP contribution in [-0.2, 0) is 20.7 Å². The molecule has 32 heavy (non-hydrogen) atoms. The summed E-state index contributed by atoms with van der Waals surface area (Å²) in [5, 5.41) is 1.08. The summed E-state index contributed by atoms with van der Waals surface area (Å²) in [6.45, 7) is 2.68. The number of esters is 1. The number of nitrogens with zero attached hydrogens (tertiary/aromatic N) is 2. The van der Waals surface area contributed by atoms with Crippen LogP contribution >= 0.6 is 0 Å². The number of rotatable bonds is 4. The summed E-state index contributed by atoms with van der Waals surface area (Å²) >= 11 is 0. The number of carbonyl (C=O) groups is 3. The van der Waals surface area contributed by atoms with Gasteiger partial charge < -0.3 is 19.5 Å². The van der Waals surface area contributed by atoms with Gasteiger partial charge in [-0.2, -0.15) is 0 Å². The quantitative estimate of drug-likeness (QED) is 0.644. The molecule has 0 saturated carbocycles. The molecule has 0 bridgehead atoms. The van der Waals surface area contributed by atoms with Crippen LogP contribution in [0, 0.1) is 0 Å². The Balaban J connectivity index is 1.66. The summed E-state index contributed by atoms with van der Waals surface area (Å²) in [5.74, 6) is -0.475. The number of aromatic nitrogens is 1. The fourth-order valence-electron chi connectivity index (χ4n) is 5.05. The number of nitrogens with one attached hydrogen (secondary N) is 1. The molecule has 1 aromatic heterocycles. The number of H-pyrrole nitrogens is 1. The van der Waals surface area contributed by atoms with Crippen LogP contribution in [0.3, 0.4) is 0 Å². The number of hydrogen-bond donors (Lipinski definition) is 1. The third-order valence-electron chi connectivity index (χ3n) is 6.48. The molecule has 2 amide bonds. The first-order chi connectivity index (χ1) is 15.5. The molecule has 2 atom stereocenters. The minimum absolute atomic E-state index is 0.00133. The maximum absolute atomic E-state index is 13.4. The molecule has 3 heterocycles. The van der Waals surface area contributed by atoms with Crippen LogP contribution in [0.15, 0.2) is 48.5 Å². The first-order valence-electron chi connectivity index (χ1n) is 10.9. The molecule has 3 aromatic rings. The summed E-state index contributed by atoms with van der Waals surface area (Å²) in [4.78, 5) is 45.5. The highest BCUT2D eigenvalue weighted by atomic mass is 16.5. The SMILES string of the molecule is CCCN1CC(=O)N2[C@@H](c3ccc(C(=O)OC)cc3)c3[nH]c4ccccc4c3C[C@H]2C1=O. The summed E-state index contributed by atoms with van der Waals surface area (Å²) in [6, 6.07) is 14.1. The predicted octanol–water partition coefficient (Wildman–Crippen LogP) is 3.05. The molecular weight excluding hydrogens is 406 g/mol. The zero-order chi connectivity index (χ0) is 22.4. The number of piperazine rings is 1. The molecule has 0 radical (unpaired) electrons. The van der Waals surface area contributed by atoms with Crippen LogP contribution in [0.5, 0.6) is 0 Å². The van der Waals surface area contributed by atoms with E-state index >= 15 is 0 Å². The number of aromatic amines is 1. The molecule has 2 aliphatic heterocycles. The molecular formula is C25H25N3O4. The molecule has 2 aliphatic rings. The van der Waals surface area contributed by atoms with Gasteiger partial charge in [-0.15, -0.1) is 0 Å². The van der Waals surface area contributed by atoms with Crippen LogP contribution in [0.1, 0.15) is 46.6 Å². The van der Waals surface area contributed by atoms with Crippen molar-refractivity contribution in [3.63, 3.8) is 0 Å². The van der Waals surface area contributed by atoms with Crippen LogP contribution in [-0.4, -0.2) is 58.8 Å². The third-order valence-corrected chi connectivity index (χ3v) is 6.48. The Hall–Kier alpha value is -3.61. The van der Waals surface area contributed by atoms with Crippen molar-refractivity contribution in [2.45, 2.75) is 31.8 Å². The number of hydrogen-bond acceptors (Lipinski definition) is 4. The summed E-state index contributed by atoms with van der Waals surface area (Å²) < 4.78 is 4.81. The van der Waals surface area contributed by atoms with E-state index in [9.17, 15) is 14.4 Å². The largest absolute Gasteiger partial charge is 0.465 e. The van der Waals surface area contributed by atoms with Crippen molar-refractivity contribution < 1.29 is 19.1 Å². The van der Waals surface area contributed by atoms with Crippen molar-refractivity contribution in [2.75, 3.05) is 20.2 Å². The highest BCUT2D eigenvalue weighted by molar-refractivity contribution is 5.97.